The number of carbonyl (C=O) groups is 1. The zero-order chi connectivity index (χ0) is 15.0. The van der Waals surface area contributed by atoms with Crippen LogP contribution in [-0.4, -0.2) is 22.6 Å². The van der Waals surface area contributed by atoms with E-state index in [2.05, 4.69) is 4.98 Å². The normalized spacial score (nSPS) is 12.7. The summed E-state index contributed by atoms with van der Waals surface area (Å²) >= 11 is 0. The molecule has 2 aromatic heterocycles. The molecule has 0 amide bonds. The predicted octanol–water partition coefficient (Wildman–Crippen LogP) is 2.27. The highest BCUT2D eigenvalue weighted by Crippen LogP contribution is 2.24. The van der Waals surface area contributed by atoms with Crippen molar-refractivity contribution in [3.63, 3.8) is 0 Å². The summed E-state index contributed by atoms with van der Waals surface area (Å²) in [7, 11) is 1.29. The van der Waals surface area contributed by atoms with Crippen molar-refractivity contribution in [2.24, 2.45) is 0 Å². The zero-order valence-electron chi connectivity index (χ0n) is 11.7. The van der Waals surface area contributed by atoms with Gasteiger partial charge in [0.2, 0.25) is 5.58 Å². The van der Waals surface area contributed by atoms with Crippen LogP contribution in [0.15, 0.2) is 39.8 Å². The highest BCUT2D eigenvalue weighted by Gasteiger charge is 2.23. The van der Waals surface area contributed by atoms with Crippen LogP contribution in [0.4, 0.5) is 0 Å². The van der Waals surface area contributed by atoms with E-state index in [1.807, 2.05) is 18.2 Å². The minimum absolute atomic E-state index is 0.154. The second-order valence-corrected chi connectivity index (χ2v) is 4.68. The third-order valence-electron chi connectivity index (χ3n) is 3.51. The van der Waals surface area contributed by atoms with Crippen LogP contribution in [0.25, 0.3) is 22.1 Å². The molecule has 0 saturated carbocycles. The molecule has 0 unspecified atom stereocenters. The molecular formula is C15H14N2O4. The number of hydrogen-bond acceptors (Lipinski definition) is 5. The summed E-state index contributed by atoms with van der Waals surface area (Å²) in [6, 6.07) is 6.60. The highest BCUT2D eigenvalue weighted by molar-refractivity contribution is 6.01. The van der Waals surface area contributed by atoms with Gasteiger partial charge in [-0.25, -0.2) is 9.78 Å². The Kier molecular flexibility index (Phi) is 3.21. The molecule has 0 fully saturated rings. The first-order chi connectivity index (χ1) is 10.2. The number of para-hydroxylation sites is 1. The molecule has 0 aliphatic carbocycles. The van der Waals surface area contributed by atoms with E-state index in [1.165, 1.54) is 18.0 Å². The summed E-state index contributed by atoms with van der Waals surface area (Å²) in [5, 5.41) is 0.780. The summed E-state index contributed by atoms with van der Waals surface area (Å²) in [4.78, 5) is 28.6. The van der Waals surface area contributed by atoms with Gasteiger partial charge >= 0.3 is 5.97 Å². The SMILES string of the molecule is CC[C@@H](C(=O)OC)n1cnc2c(oc3ccccc32)c1=O. The van der Waals surface area contributed by atoms with Gasteiger partial charge in [-0.2, -0.15) is 0 Å². The van der Waals surface area contributed by atoms with Gasteiger partial charge in [-0.15, -0.1) is 0 Å². The van der Waals surface area contributed by atoms with Crippen LogP contribution in [0.1, 0.15) is 19.4 Å². The number of esters is 1. The van der Waals surface area contributed by atoms with Gasteiger partial charge in [0, 0.05) is 5.39 Å². The molecule has 0 bridgehead atoms. The number of fused-ring (bicyclic) bond motifs is 3. The number of rotatable bonds is 3. The van der Waals surface area contributed by atoms with Crippen molar-refractivity contribution in [1.82, 2.24) is 9.55 Å². The number of aromatic nitrogens is 2. The number of benzene rings is 1. The fraction of sp³-hybridized carbons (Fsp3) is 0.267. The van der Waals surface area contributed by atoms with Gasteiger partial charge in [-0.1, -0.05) is 19.1 Å². The van der Waals surface area contributed by atoms with Crippen molar-refractivity contribution in [2.45, 2.75) is 19.4 Å². The van der Waals surface area contributed by atoms with E-state index < -0.39 is 12.0 Å². The number of nitrogens with zero attached hydrogens (tertiary/aromatic N) is 2. The number of hydrogen-bond donors (Lipinski definition) is 0. The fourth-order valence-electron chi connectivity index (χ4n) is 2.43. The highest BCUT2D eigenvalue weighted by atomic mass is 16.5. The Balaban J connectivity index is 2.27. The molecule has 3 rings (SSSR count). The standard InChI is InChI=1S/C15H14N2O4/c1-3-10(15(19)20-2)17-8-16-12-9-6-4-5-7-11(9)21-13(12)14(17)18/h4-8,10H,3H2,1-2H3/t10-/m0/s1. The van der Waals surface area contributed by atoms with Crippen LogP contribution < -0.4 is 5.56 Å². The number of furan rings is 1. The van der Waals surface area contributed by atoms with E-state index in [1.54, 1.807) is 13.0 Å². The van der Waals surface area contributed by atoms with E-state index in [0.717, 1.165) is 5.39 Å². The number of methoxy groups -OCH3 is 1. The van der Waals surface area contributed by atoms with E-state index in [-0.39, 0.29) is 11.1 Å². The molecule has 1 aromatic carbocycles. The molecule has 108 valence electrons. The summed E-state index contributed by atoms with van der Waals surface area (Å²) in [6.07, 6.45) is 1.80. The lowest BCUT2D eigenvalue weighted by Gasteiger charge is -2.14. The lowest BCUT2D eigenvalue weighted by molar-refractivity contribution is -0.144. The van der Waals surface area contributed by atoms with Crippen molar-refractivity contribution in [3.05, 3.63) is 40.9 Å². The average molecular weight is 286 g/mol. The van der Waals surface area contributed by atoms with Gasteiger partial charge in [0.15, 0.2) is 0 Å². The molecule has 0 saturated heterocycles. The summed E-state index contributed by atoms with van der Waals surface area (Å²) < 4.78 is 11.6. The monoisotopic (exact) mass is 286 g/mol. The van der Waals surface area contributed by atoms with Gasteiger partial charge in [-0.05, 0) is 18.6 Å². The maximum Gasteiger partial charge on any atom is 0.329 e. The lowest BCUT2D eigenvalue weighted by Crippen LogP contribution is -2.30. The van der Waals surface area contributed by atoms with E-state index >= 15 is 0 Å². The van der Waals surface area contributed by atoms with Gasteiger partial charge < -0.3 is 9.15 Å². The maximum absolute atomic E-state index is 12.5. The molecule has 0 aliphatic rings. The summed E-state index contributed by atoms with van der Waals surface area (Å²) in [5.41, 5.74) is 0.877. The molecule has 0 radical (unpaired) electrons. The Morgan fingerprint density at radius 2 is 2.19 bits per heavy atom. The molecule has 21 heavy (non-hydrogen) atoms. The van der Waals surface area contributed by atoms with Crippen LogP contribution in [0, 0.1) is 0 Å². The van der Waals surface area contributed by atoms with Gasteiger partial charge in [0.1, 0.15) is 17.1 Å². The van der Waals surface area contributed by atoms with Crippen LogP contribution in [0.5, 0.6) is 0 Å². The predicted molar refractivity (Wildman–Crippen MR) is 77.1 cm³/mol. The van der Waals surface area contributed by atoms with E-state index in [0.29, 0.717) is 17.5 Å². The molecule has 2 heterocycles. The number of ether oxygens (including phenoxy) is 1. The Morgan fingerprint density at radius 1 is 1.43 bits per heavy atom. The van der Waals surface area contributed by atoms with Crippen LogP contribution in [0.2, 0.25) is 0 Å². The Bertz CT molecular complexity index is 878. The third kappa shape index (κ3) is 1.99. The molecule has 0 spiro atoms. The van der Waals surface area contributed by atoms with Crippen molar-refractivity contribution >= 4 is 28.0 Å². The van der Waals surface area contributed by atoms with Crippen LogP contribution in [-0.2, 0) is 9.53 Å². The summed E-state index contributed by atoms with van der Waals surface area (Å²) in [6.45, 7) is 1.80. The first kappa shape index (κ1) is 13.4. The van der Waals surface area contributed by atoms with E-state index in [4.69, 9.17) is 9.15 Å². The van der Waals surface area contributed by atoms with Gasteiger partial charge in [-0.3, -0.25) is 9.36 Å². The topological polar surface area (TPSA) is 74.3 Å². The van der Waals surface area contributed by atoms with Crippen molar-refractivity contribution in [2.75, 3.05) is 7.11 Å². The minimum atomic E-state index is -0.701. The molecule has 6 nitrogen and oxygen atoms in total. The molecule has 3 aromatic rings. The van der Waals surface area contributed by atoms with Crippen molar-refractivity contribution in [1.29, 1.82) is 0 Å². The molecule has 1 atom stereocenters. The maximum atomic E-state index is 12.5. The Morgan fingerprint density at radius 3 is 2.90 bits per heavy atom. The fourth-order valence-corrected chi connectivity index (χ4v) is 2.43. The van der Waals surface area contributed by atoms with E-state index in [9.17, 15) is 9.59 Å². The Labute approximate surface area is 119 Å². The minimum Gasteiger partial charge on any atom is -0.467 e. The largest absolute Gasteiger partial charge is 0.467 e. The average Bonchev–Trinajstić information content (AvgIpc) is 2.89. The smallest absolute Gasteiger partial charge is 0.329 e. The van der Waals surface area contributed by atoms with Crippen molar-refractivity contribution < 1.29 is 13.9 Å². The third-order valence-corrected chi connectivity index (χ3v) is 3.51. The number of carbonyl (C=O) groups excluding carboxylic acids is 1. The zero-order valence-corrected chi connectivity index (χ0v) is 11.7. The summed E-state index contributed by atoms with van der Waals surface area (Å²) in [5.74, 6) is -0.475. The molecular weight excluding hydrogens is 272 g/mol. The quantitative estimate of drug-likeness (QED) is 0.690. The second kappa shape index (κ2) is 5.05. The Hall–Kier alpha value is -2.63. The first-order valence-electron chi connectivity index (χ1n) is 6.63. The molecule has 6 heteroatoms. The second-order valence-electron chi connectivity index (χ2n) is 4.68. The lowest BCUT2D eigenvalue weighted by atomic mass is 10.2. The van der Waals surface area contributed by atoms with Crippen LogP contribution >= 0.6 is 0 Å². The van der Waals surface area contributed by atoms with Gasteiger partial charge in [0.05, 0.1) is 13.4 Å². The first-order valence-corrected chi connectivity index (χ1v) is 6.63. The molecule has 0 N–H and O–H groups in total. The van der Waals surface area contributed by atoms with Crippen molar-refractivity contribution in [3.8, 4) is 0 Å². The van der Waals surface area contributed by atoms with Crippen LogP contribution in [0.3, 0.4) is 0 Å². The molecule has 0 aliphatic heterocycles. The van der Waals surface area contributed by atoms with Gasteiger partial charge in [0.25, 0.3) is 5.56 Å².